The number of aliphatic carboxylic acids is 1. The van der Waals surface area contributed by atoms with E-state index in [0.717, 1.165) is 0 Å². The number of carbonyl (C=O) groups is 1. The zero-order valence-electron chi connectivity index (χ0n) is 11.0. The van der Waals surface area contributed by atoms with Crippen LogP contribution < -0.4 is 0 Å². The second-order valence-corrected chi connectivity index (χ2v) is 6.82. The summed E-state index contributed by atoms with van der Waals surface area (Å²) in [6, 6.07) is 5.40. The van der Waals surface area contributed by atoms with Gasteiger partial charge in [0, 0.05) is 11.6 Å². The van der Waals surface area contributed by atoms with Gasteiger partial charge in [0.2, 0.25) is 0 Å². The number of para-hydroxylation sites is 1. The molecule has 0 aliphatic carbocycles. The molecule has 0 saturated carbocycles. The summed E-state index contributed by atoms with van der Waals surface area (Å²) in [6.45, 7) is 2.96. The zero-order valence-corrected chi connectivity index (χ0v) is 11.8. The lowest BCUT2D eigenvalue weighted by atomic mass is 10.1. The smallest absolute Gasteiger partial charge is 0.322 e. The molecule has 0 heterocycles. The highest BCUT2D eigenvalue weighted by atomic mass is 32.2. The van der Waals surface area contributed by atoms with Gasteiger partial charge in [-0.1, -0.05) is 32.0 Å². The molecule has 0 amide bonds. The summed E-state index contributed by atoms with van der Waals surface area (Å²) in [7, 11) is -4.03. The Morgan fingerprint density at radius 2 is 1.90 bits per heavy atom. The van der Waals surface area contributed by atoms with Crippen molar-refractivity contribution in [1.29, 1.82) is 0 Å². The summed E-state index contributed by atoms with van der Waals surface area (Å²) in [4.78, 5) is 21.2. The fourth-order valence-electron chi connectivity index (χ4n) is 1.97. The van der Waals surface area contributed by atoms with Gasteiger partial charge in [-0.15, -0.1) is 0 Å². The maximum atomic E-state index is 12.2. The van der Waals surface area contributed by atoms with Gasteiger partial charge in [0.25, 0.3) is 5.69 Å². The Morgan fingerprint density at radius 1 is 1.35 bits per heavy atom. The summed E-state index contributed by atoms with van der Waals surface area (Å²) < 4.78 is 24.3. The predicted molar refractivity (Wildman–Crippen MR) is 72.0 cm³/mol. The van der Waals surface area contributed by atoms with E-state index in [0.29, 0.717) is 0 Å². The Labute approximate surface area is 116 Å². The zero-order chi connectivity index (χ0) is 15.5. The van der Waals surface area contributed by atoms with E-state index in [2.05, 4.69) is 0 Å². The minimum Gasteiger partial charge on any atom is -0.480 e. The molecule has 1 N–H and O–H groups in total. The fourth-order valence-corrected chi connectivity index (χ4v) is 3.96. The number of nitro benzene ring substituents is 1. The largest absolute Gasteiger partial charge is 0.480 e. The van der Waals surface area contributed by atoms with Gasteiger partial charge in [0.15, 0.2) is 15.1 Å². The standard InChI is InChI=1S/C12H15NO6S/c1-8(2)11(12(14)15)20(18,19)7-9-5-3-4-6-10(9)13(16)17/h3-6,8,11H,7H2,1-2H3,(H,14,15). The van der Waals surface area contributed by atoms with E-state index >= 15 is 0 Å². The topological polar surface area (TPSA) is 115 Å². The van der Waals surface area contributed by atoms with Crippen molar-refractivity contribution < 1.29 is 23.2 Å². The van der Waals surface area contributed by atoms with Crippen molar-refractivity contribution in [1.82, 2.24) is 0 Å². The van der Waals surface area contributed by atoms with Crippen LogP contribution in [0.25, 0.3) is 0 Å². The number of benzene rings is 1. The first kappa shape index (κ1) is 16.1. The van der Waals surface area contributed by atoms with Crippen molar-refractivity contribution in [3.63, 3.8) is 0 Å². The van der Waals surface area contributed by atoms with E-state index in [4.69, 9.17) is 5.11 Å². The molecule has 0 fully saturated rings. The van der Waals surface area contributed by atoms with Gasteiger partial charge < -0.3 is 5.11 Å². The number of hydrogen-bond acceptors (Lipinski definition) is 5. The maximum absolute atomic E-state index is 12.2. The van der Waals surface area contributed by atoms with Gasteiger partial charge in [-0.3, -0.25) is 14.9 Å². The Kier molecular flexibility index (Phi) is 4.83. The van der Waals surface area contributed by atoms with Gasteiger partial charge in [-0.25, -0.2) is 8.42 Å². The SMILES string of the molecule is CC(C)C(C(=O)O)S(=O)(=O)Cc1ccccc1[N+](=O)[O-]. The molecule has 0 aliphatic heterocycles. The molecule has 0 spiro atoms. The quantitative estimate of drug-likeness (QED) is 0.630. The molecule has 0 bridgehead atoms. The van der Waals surface area contributed by atoms with Crippen LogP contribution in [0.2, 0.25) is 0 Å². The van der Waals surface area contributed by atoms with Crippen LogP contribution in [0.5, 0.6) is 0 Å². The highest BCUT2D eigenvalue weighted by molar-refractivity contribution is 7.92. The molecule has 0 radical (unpaired) electrons. The average molecular weight is 301 g/mol. The number of sulfone groups is 1. The molecule has 1 aromatic carbocycles. The maximum Gasteiger partial charge on any atom is 0.322 e. The second-order valence-electron chi connectivity index (χ2n) is 4.70. The van der Waals surface area contributed by atoms with E-state index in [1.165, 1.54) is 38.1 Å². The highest BCUT2D eigenvalue weighted by Gasteiger charge is 2.36. The number of nitro groups is 1. The van der Waals surface area contributed by atoms with Gasteiger partial charge in [0.05, 0.1) is 10.7 Å². The van der Waals surface area contributed by atoms with Crippen LogP contribution >= 0.6 is 0 Å². The Balaban J connectivity index is 3.21. The van der Waals surface area contributed by atoms with Crippen molar-refractivity contribution in [3.8, 4) is 0 Å². The normalized spacial score (nSPS) is 13.2. The van der Waals surface area contributed by atoms with Gasteiger partial charge in [0.1, 0.15) is 0 Å². The van der Waals surface area contributed by atoms with Crippen LogP contribution in [0.4, 0.5) is 5.69 Å². The fraction of sp³-hybridized carbons (Fsp3) is 0.417. The molecular weight excluding hydrogens is 286 g/mol. The van der Waals surface area contributed by atoms with Gasteiger partial charge in [-0.2, -0.15) is 0 Å². The van der Waals surface area contributed by atoms with Crippen molar-refractivity contribution >= 4 is 21.5 Å². The van der Waals surface area contributed by atoms with Crippen molar-refractivity contribution in [2.45, 2.75) is 24.9 Å². The summed E-state index contributed by atoms with van der Waals surface area (Å²) in [5.74, 6) is -2.74. The van der Waals surface area contributed by atoms with Gasteiger partial charge >= 0.3 is 5.97 Å². The van der Waals surface area contributed by atoms with Crippen LogP contribution in [0, 0.1) is 16.0 Å². The number of nitrogens with zero attached hydrogens (tertiary/aromatic N) is 1. The third-order valence-electron chi connectivity index (χ3n) is 2.78. The molecule has 8 heteroatoms. The van der Waals surface area contributed by atoms with Crippen LogP contribution in [-0.4, -0.2) is 29.7 Å². The lowest BCUT2D eigenvalue weighted by Gasteiger charge is -2.16. The monoisotopic (exact) mass is 301 g/mol. The lowest BCUT2D eigenvalue weighted by Crippen LogP contribution is -2.35. The molecule has 0 aromatic heterocycles. The van der Waals surface area contributed by atoms with E-state index in [1.54, 1.807) is 0 Å². The minimum atomic E-state index is -4.03. The number of carboxylic acids is 1. The summed E-state index contributed by atoms with van der Waals surface area (Å²) in [6.07, 6.45) is 0. The highest BCUT2D eigenvalue weighted by Crippen LogP contribution is 2.24. The molecule has 20 heavy (non-hydrogen) atoms. The van der Waals surface area contributed by atoms with Crippen molar-refractivity contribution in [2.75, 3.05) is 0 Å². The Bertz CT molecular complexity index is 623. The predicted octanol–water partition coefficient (Wildman–Crippen LogP) is 1.62. The lowest BCUT2D eigenvalue weighted by molar-refractivity contribution is -0.385. The second kappa shape index (κ2) is 6.00. The van der Waals surface area contributed by atoms with Crippen molar-refractivity contribution in [2.24, 2.45) is 5.92 Å². The molecule has 1 atom stereocenters. The molecular formula is C12H15NO6S. The Hall–Kier alpha value is -1.96. The first-order chi connectivity index (χ1) is 9.16. The molecule has 1 rings (SSSR count). The van der Waals surface area contributed by atoms with Crippen LogP contribution in [0.1, 0.15) is 19.4 Å². The molecule has 7 nitrogen and oxygen atoms in total. The third kappa shape index (κ3) is 3.53. The molecule has 0 saturated heterocycles. The molecule has 1 aromatic rings. The van der Waals surface area contributed by atoms with Crippen LogP contribution in [0.3, 0.4) is 0 Å². The van der Waals surface area contributed by atoms with Crippen LogP contribution in [0.15, 0.2) is 24.3 Å². The first-order valence-electron chi connectivity index (χ1n) is 5.83. The van der Waals surface area contributed by atoms with Gasteiger partial charge in [-0.05, 0) is 5.92 Å². The number of hydrogen-bond donors (Lipinski definition) is 1. The summed E-state index contributed by atoms with van der Waals surface area (Å²) in [5.41, 5.74) is -0.339. The third-order valence-corrected chi connectivity index (χ3v) is 5.01. The first-order valence-corrected chi connectivity index (χ1v) is 7.55. The molecule has 110 valence electrons. The summed E-state index contributed by atoms with van der Waals surface area (Å²) >= 11 is 0. The minimum absolute atomic E-state index is 0.00981. The van der Waals surface area contributed by atoms with E-state index in [-0.39, 0.29) is 11.3 Å². The number of rotatable bonds is 6. The summed E-state index contributed by atoms with van der Waals surface area (Å²) in [5, 5.41) is 18.3. The Morgan fingerprint density at radius 3 is 2.35 bits per heavy atom. The van der Waals surface area contributed by atoms with E-state index in [9.17, 15) is 23.3 Å². The molecule has 1 unspecified atom stereocenters. The number of carboxylic acid groups (broad SMARTS) is 1. The van der Waals surface area contributed by atoms with Crippen molar-refractivity contribution in [3.05, 3.63) is 39.9 Å². The molecule has 0 aliphatic rings. The average Bonchev–Trinajstić information content (AvgIpc) is 2.26. The van der Waals surface area contributed by atoms with E-state index < -0.39 is 37.7 Å². The van der Waals surface area contributed by atoms with E-state index in [1.807, 2.05) is 0 Å². The van der Waals surface area contributed by atoms with Crippen LogP contribution in [-0.2, 0) is 20.4 Å².